The summed E-state index contributed by atoms with van der Waals surface area (Å²) >= 11 is 0. The quantitative estimate of drug-likeness (QED) is 0.535. The molecule has 0 saturated carbocycles. The second kappa shape index (κ2) is 8.95. The number of likely N-dealkylation sites (N-methyl/N-ethyl adjacent to an activating group) is 1. The third kappa shape index (κ3) is 5.13. The molecule has 2 rings (SSSR count). The summed E-state index contributed by atoms with van der Waals surface area (Å²) in [6.07, 6.45) is 2.30. The molecule has 1 aliphatic heterocycles. The molecule has 0 saturated heterocycles. The molecule has 0 atom stereocenters. The molecule has 1 heterocycles. The zero-order chi connectivity index (χ0) is 18.2. The van der Waals surface area contributed by atoms with E-state index in [1.54, 1.807) is 37.4 Å². The van der Waals surface area contributed by atoms with Gasteiger partial charge in [0.15, 0.2) is 0 Å². The van der Waals surface area contributed by atoms with Crippen molar-refractivity contribution in [1.82, 2.24) is 15.5 Å². The molecule has 0 fully saturated rings. The summed E-state index contributed by atoms with van der Waals surface area (Å²) in [5.74, 6) is -1.01. The summed E-state index contributed by atoms with van der Waals surface area (Å²) in [5.41, 5.74) is 1.59. The lowest BCUT2D eigenvalue weighted by molar-refractivity contribution is -0.131. The van der Waals surface area contributed by atoms with Crippen LogP contribution >= 0.6 is 0 Å². The summed E-state index contributed by atoms with van der Waals surface area (Å²) in [6, 6.07) is 6.73. The van der Waals surface area contributed by atoms with Gasteiger partial charge >= 0.3 is 0 Å². The summed E-state index contributed by atoms with van der Waals surface area (Å²) in [5, 5.41) is 16.9. The molecule has 0 unspecified atom stereocenters. The number of hydrogen-bond donors (Lipinski definition) is 4. The first kappa shape index (κ1) is 18.6. The summed E-state index contributed by atoms with van der Waals surface area (Å²) in [7, 11) is 1.66. The maximum absolute atomic E-state index is 12.2. The minimum absolute atomic E-state index is 0.0673. The molecule has 8 nitrogen and oxygen atoms in total. The third-order valence-corrected chi connectivity index (χ3v) is 3.67. The molecule has 0 spiro atoms. The molecule has 1 aromatic rings. The number of carbonyl (C=O) groups excluding carboxylic acids is 3. The third-order valence-electron chi connectivity index (χ3n) is 3.67. The van der Waals surface area contributed by atoms with E-state index in [-0.39, 0.29) is 37.2 Å². The molecular formula is C17H22N4O4. The SMILES string of the molecule is CNCC(=O)N1CCC=C1C(=O)NCC(=O)Nc1ccc(CO)cc1. The molecule has 1 aromatic carbocycles. The molecule has 0 aliphatic carbocycles. The lowest BCUT2D eigenvalue weighted by Gasteiger charge is -2.19. The van der Waals surface area contributed by atoms with Crippen molar-refractivity contribution in [3.8, 4) is 0 Å². The van der Waals surface area contributed by atoms with Gasteiger partial charge in [0.2, 0.25) is 11.8 Å². The van der Waals surface area contributed by atoms with E-state index in [1.807, 2.05) is 0 Å². The highest BCUT2D eigenvalue weighted by Gasteiger charge is 2.26. The van der Waals surface area contributed by atoms with Crippen LogP contribution in [0.4, 0.5) is 5.69 Å². The molecular weight excluding hydrogens is 324 g/mol. The van der Waals surface area contributed by atoms with Gasteiger partial charge < -0.3 is 26.0 Å². The van der Waals surface area contributed by atoms with E-state index in [1.165, 1.54) is 4.90 Å². The number of amides is 3. The molecule has 4 N–H and O–H groups in total. The minimum Gasteiger partial charge on any atom is -0.392 e. The number of nitrogens with one attached hydrogen (secondary N) is 3. The lowest BCUT2D eigenvalue weighted by Crippen LogP contribution is -2.41. The Morgan fingerprint density at radius 3 is 2.52 bits per heavy atom. The number of aliphatic hydroxyl groups excluding tert-OH is 1. The molecule has 3 amide bonds. The van der Waals surface area contributed by atoms with Gasteiger partial charge in [-0.25, -0.2) is 0 Å². The monoisotopic (exact) mass is 346 g/mol. The first-order valence-corrected chi connectivity index (χ1v) is 7.98. The number of benzene rings is 1. The average molecular weight is 346 g/mol. The first-order chi connectivity index (χ1) is 12.0. The van der Waals surface area contributed by atoms with E-state index in [0.717, 1.165) is 5.56 Å². The Hall–Kier alpha value is -2.71. The van der Waals surface area contributed by atoms with Crippen LogP contribution in [-0.4, -0.2) is 54.4 Å². The van der Waals surface area contributed by atoms with Gasteiger partial charge in [-0.3, -0.25) is 14.4 Å². The van der Waals surface area contributed by atoms with Gasteiger partial charge in [-0.15, -0.1) is 0 Å². The van der Waals surface area contributed by atoms with E-state index in [0.29, 0.717) is 18.7 Å². The number of rotatable bonds is 7. The normalized spacial score (nSPS) is 13.4. The predicted octanol–water partition coefficient (Wildman–Crippen LogP) is -0.431. The van der Waals surface area contributed by atoms with Crippen molar-refractivity contribution in [2.45, 2.75) is 13.0 Å². The molecule has 0 radical (unpaired) electrons. The Bertz CT molecular complexity index is 670. The number of anilines is 1. The van der Waals surface area contributed by atoms with Crippen LogP contribution in [0.2, 0.25) is 0 Å². The van der Waals surface area contributed by atoms with Crippen LogP contribution in [0.15, 0.2) is 36.0 Å². The molecule has 25 heavy (non-hydrogen) atoms. The van der Waals surface area contributed by atoms with Crippen LogP contribution in [0.5, 0.6) is 0 Å². The van der Waals surface area contributed by atoms with Crippen molar-refractivity contribution < 1.29 is 19.5 Å². The smallest absolute Gasteiger partial charge is 0.268 e. The molecule has 134 valence electrons. The van der Waals surface area contributed by atoms with Gasteiger partial charge in [0.05, 0.1) is 19.7 Å². The summed E-state index contributed by atoms with van der Waals surface area (Å²) in [6.45, 7) is 0.343. The van der Waals surface area contributed by atoms with Crippen molar-refractivity contribution >= 4 is 23.4 Å². The first-order valence-electron chi connectivity index (χ1n) is 7.98. The molecule has 1 aliphatic rings. The predicted molar refractivity (Wildman–Crippen MR) is 92.3 cm³/mol. The highest BCUT2D eigenvalue weighted by Crippen LogP contribution is 2.15. The number of hydrogen-bond acceptors (Lipinski definition) is 5. The van der Waals surface area contributed by atoms with Crippen LogP contribution in [0.3, 0.4) is 0 Å². The molecule has 0 bridgehead atoms. The Morgan fingerprint density at radius 2 is 1.88 bits per heavy atom. The average Bonchev–Trinajstić information content (AvgIpc) is 3.10. The molecule has 8 heteroatoms. The van der Waals surface area contributed by atoms with E-state index >= 15 is 0 Å². The fraction of sp³-hybridized carbons (Fsp3) is 0.353. The number of aliphatic hydroxyl groups is 1. The van der Waals surface area contributed by atoms with Crippen molar-refractivity contribution in [2.75, 3.05) is 32.0 Å². The standard InChI is InChI=1S/C17H22N4O4/c1-18-10-16(24)21-8-2-3-14(21)17(25)19-9-15(23)20-13-6-4-12(11-22)5-7-13/h3-7,18,22H,2,8-11H2,1H3,(H,19,25)(H,20,23). The van der Waals surface area contributed by atoms with E-state index < -0.39 is 5.91 Å². The van der Waals surface area contributed by atoms with Crippen LogP contribution in [0.25, 0.3) is 0 Å². The van der Waals surface area contributed by atoms with Gasteiger partial charge in [-0.1, -0.05) is 18.2 Å². The largest absolute Gasteiger partial charge is 0.392 e. The van der Waals surface area contributed by atoms with E-state index in [4.69, 9.17) is 5.11 Å². The lowest BCUT2D eigenvalue weighted by atomic mass is 10.2. The van der Waals surface area contributed by atoms with Crippen LogP contribution < -0.4 is 16.0 Å². The maximum Gasteiger partial charge on any atom is 0.268 e. The van der Waals surface area contributed by atoms with E-state index in [9.17, 15) is 14.4 Å². The summed E-state index contributed by atoms with van der Waals surface area (Å²) in [4.78, 5) is 37.5. The Kier molecular flexibility index (Phi) is 6.67. The fourth-order valence-electron chi connectivity index (χ4n) is 2.43. The Morgan fingerprint density at radius 1 is 1.16 bits per heavy atom. The highest BCUT2D eigenvalue weighted by molar-refractivity contribution is 6.01. The van der Waals surface area contributed by atoms with E-state index in [2.05, 4.69) is 16.0 Å². The van der Waals surface area contributed by atoms with Crippen molar-refractivity contribution in [1.29, 1.82) is 0 Å². The van der Waals surface area contributed by atoms with Crippen molar-refractivity contribution in [2.24, 2.45) is 0 Å². The molecule has 0 aromatic heterocycles. The van der Waals surface area contributed by atoms with Crippen molar-refractivity contribution in [3.05, 3.63) is 41.6 Å². The van der Waals surface area contributed by atoms with Gasteiger partial charge in [0, 0.05) is 12.2 Å². The van der Waals surface area contributed by atoms with Crippen LogP contribution in [0, 0.1) is 0 Å². The number of nitrogens with zero attached hydrogens (tertiary/aromatic N) is 1. The zero-order valence-electron chi connectivity index (χ0n) is 14.0. The van der Waals surface area contributed by atoms with Crippen molar-refractivity contribution in [3.63, 3.8) is 0 Å². The minimum atomic E-state index is -0.451. The Balaban J connectivity index is 1.84. The van der Waals surface area contributed by atoms with Gasteiger partial charge in [-0.2, -0.15) is 0 Å². The number of carbonyl (C=O) groups is 3. The maximum atomic E-state index is 12.2. The second-order valence-corrected chi connectivity index (χ2v) is 5.54. The fourth-order valence-corrected chi connectivity index (χ4v) is 2.43. The Labute approximate surface area is 145 Å². The van der Waals surface area contributed by atoms with Crippen LogP contribution in [0.1, 0.15) is 12.0 Å². The zero-order valence-corrected chi connectivity index (χ0v) is 14.0. The van der Waals surface area contributed by atoms with Crippen LogP contribution in [-0.2, 0) is 21.0 Å². The second-order valence-electron chi connectivity index (χ2n) is 5.54. The van der Waals surface area contributed by atoms with Gasteiger partial charge in [0.1, 0.15) is 5.70 Å². The topological polar surface area (TPSA) is 111 Å². The van der Waals surface area contributed by atoms with Gasteiger partial charge in [0.25, 0.3) is 5.91 Å². The summed E-state index contributed by atoms with van der Waals surface area (Å²) < 4.78 is 0. The van der Waals surface area contributed by atoms with Gasteiger partial charge in [-0.05, 0) is 31.2 Å². The highest BCUT2D eigenvalue weighted by atomic mass is 16.3.